The second kappa shape index (κ2) is 10.4. The second-order valence-electron chi connectivity index (χ2n) is 8.05. The number of halogens is 2. The fourth-order valence-electron chi connectivity index (χ4n) is 4.08. The van der Waals surface area contributed by atoms with Crippen molar-refractivity contribution in [2.75, 3.05) is 6.54 Å². The number of amides is 1. The van der Waals surface area contributed by atoms with Crippen molar-refractivity contribution in [3.05, 3.63) is 99.0 Å². The number of fused-ring (bicyclic) bond motifs is 1. The molecule has 1 amide bonds. The van der Waals surface area contributed by atoms with Crippen molar-refractivity contribution < 1.29 is 14.7 Å². The smallest absolute Gasteiger partial charge is 0.304 e. The Morgan fingerprint density at radius 3 is 2.53 bits per heavy atom. The molecule has 0 bridgehead atoms. The van der Waals surface area contributed by atoms with Gasteiger partial charge in [0.1, 0.15) is 0 Å². The van der Waals surface area contributed by atoms with Gasteiger partial charge in [0.25, 0.3) is 5.91 Å². The van der Waals surface area contributed by atoms with Crippen LogP contribution in [-0.4, -0.2) is 28.5 Å². The van der Waals surface area contributed by atoms with E-state index in [1.165, 1.54) is 0 Å². The van der Waals surface area contributed by atoms with E-state index in [-0.39, 0.29) is 18.9 Å². The van der Waals surface area contributed by atoms with Gasteiger partial charge in [-0.2, -0.15) is 0 Å². The van der Waals surface area contributed by atoms with Gasteiger partial charge in [-0.15, -0.1) is 0 Å². The minimum Gasteiger partial charge on any atom is -0.481 e. The molecule has 1 aromatic heterocycles. The number of rotatable bonds is 7. The number of hydrogen-bond acceptors (Lipinski definition) is 3. The first-order chi connectivity index (χ1) is 16.3. The van der Waals surface area contributed by atoms with Crippen LogP contribution in [0.2, 0.25) is 5.02 Å². The first kappa shape index (κ1) is 23.9. The van der Waals surface area contributed by atoms with Crippen LogP contribution in [0.15, 0.2) is 77.3 Å². The van der Waals surface area contributed by atoms with E-state index in [2.05, 4.69) is 21.2 Å². The lowest BCUT2D eigenvalue weighted by Crippen LogP contribution is -2.30. The van der Waals surface area contributed by atoms with Crippen molar-refractivity contribution in [2.24, 2.45) is 0 Å². The van der Waals surface area contributed by atoms with Crippen LogP contribution in [0.4, 0.5) is 0 Å². The summed E-state index contributed by atoms with van der Waals surface area (Å²) in [4.78, 5) is 29.9. The zero-order valence-corrected chi connectivity index (χ0v) is 20.7. The predicted molar refractivity (Wildman–Crippen MR) is 138 cm³/mol. The van der Waals surface area contributed by atoms with E-state index in [1.807, 2.05) is 61.5 Å². The van der Waals surface area contributed by atoms with Crippen molar-refractivity contribution in [3.8, 4) is 11.3 Å². The average molecular weight is 538 g/mol. The minimum atomic E-state index is -0.944. The zero-order valence-electron chi connectivity index (χ0n) is 18.4. The summed E-state index contributed by atoms with van der Waals surface area (Å²) in [5.74, 6) is -1.65. The van der Waals surface area contributed by atoms with Gasteiger partial charge in [-0.3, -0.25) is 9.59 Å². The number of carboxylic acid groups (broad SMARTS) is 1. The van der Waals surface area contributed by atoms with Crippen molar-refractivity contribution in [2.45, 2.75) is 19.3 Å². The van der Waals surface area contributed by atoms with Gasteiger partial charge in [-0.25, -0.2) is 4.98 Å². The van der Waals surface area contributed by atoms with Gasteiger partial charge in [0.2, 0.25) is 0 Å². The van der Waals surface area contributed by atoms with E-state index in [0.717, 1.165) is 32.2 Å². The lowest BCUT2D eigenvalue weighted by atomic mass is 9.94. The van der Waals surface area contributed by atoms with Crippen LogP contribution in [0.5, 0.6) is 0 Å². The normalized spacial score (nSPS) is 11.9. The fourth-order valence-corrected chi connectivity index (χ4v) is 4.64. The molecular formula is C27H22BrClN2O3. The number of benzene rings is 3. The van der Waals surface area contributed by atoms with Crippen LogP contribution in [-0.2, 0) is 4.79 Å². The number of carboxylic acids is 1. The van der Waals surface area contributed by atoms with Gasteiger partial charge >= 0.3 is 5.97 Å². The van der Waals surface area contributed by atoms with Crippen LogP contribution < -0.4 is 5.32 Å². The highest BCUT2D eigenvalue weighted by atomic mass is 79.9. The third kappa shape index (κ3) is 5.29. The van der Waals surface area contributed by atoms with Crippen LogP contribution in [0.3, 0.4) is 0 Å². The Bertz CT molecular complexity index is 1380. The van der Waals surface area contributed by atoms with Crippen LogP contribution in [0.1, 0.15) is 33.8 Å². The van der Waals surface area contributed by atoms with Crippen LogP contribution in [0, 0.1) is 6.92 Å². The van der Waals surface area contributed by atoms with Crippen molar-refractivity contribution in [1.82, 2.24) is 10.3 Å². The average Bonchev–Trinajstić information content (AvgIpc) is 2.81. The molecule has 4 aromatic rings. The molecular weight excluding hydrogens is 516 g/mol. The molecule has 4 rings (SSSR count). The highest BCUT2D eigenvalue weighted by Gasteiger charge is 2.22. The first-order valence-electron chi connectivity index (χ1n) is 10.7. The Kier molecular flexibility index (Phi) is 7.29. The van der Waals surface area contributed by atoms with Gasteiger partial charge in [0.05, 0.1) is 23.2 Å². The summed E-state index contributed by atoms with van der Waals surface area (Å²) in [5.41, 5.74) is 4.39. The monoisotopic (exact) mass is 536 g/mol. The van der Waals surface area contributed by atoms with Gasteiger partial charge in [-0.1, -0.05) is 70.0 Å². The molecule has 7 heteroatoms. The van der Waals surface area contributed by atoms with Gasteiger partial charge in [-0.05, 0) is 48.4 Å². The lowest BCUT2D eigenvalue weighted by molar-refractivity contribution is -0.137. The molecule has 0 radical (unpaired) electrons. The summed E-state index contributed by atoms with van der Waals surface area (Å²) in [5, 5.41) is 13.6. The highest BCUT2D eigenvalue weighted by molar-refractivity contribution is 9.10. The predicted octanol–water partition coefficient (Wildman–Crippen LogP) is 6.61. The Labute approximate surface area is 210 Å². The van der Waals surface area contributed by atoms with E-state index in [1.54, 1.807) is 18.2 Å². The molecule has 0 spiro atoms. The number of carbonyl (C=O) groups is 2. The van der Waals surface area contributed by atoms with Crippen molar-refractivity contribution >= 4 is 50.3 Å². The molecule has 34 heavy (non-hydrogen) atoms. The Balaban J connectivity index is 1.73. The van der Waals surface area contributed by atoms with E-state index in [9.17, 15) is 14.7 Å². The molecule has 3 aromatic carbocycles. The molecule has 172 valence electrons. The number of hydrogen-bond donors (Lipinski definition) is 2. The largest absolute Gasteiger partial charge is 0.481 e. The number of nitrogens with zero attached hydrogens (tertiary/aromatic N) is 1. The van der Waals surface area contributed by atoms with E-state index < -0.39 is 11.9 Å². The number of pyridine rings is 1. The first-order valence-corrected chi connectivity index (χ1v) is 11.9. The topological polar surface area (TPSA) is 79.3 Å². The molecule has 1 heterocycles. The van der Waals surface area contributed by atoms with Crippen LogP contribution >= 0.6 is 27.5 Å². The molecule has 0 saturated carbocycles. The summed E-state index contributed by atoms with van der Waals surface area (Å²) in [6.45, 7) is 2.04. The molecule has 2 N–H and O–H groups in total. The highest BCUT2D eigenvalue weighted by Crippen LogP contribution is 2.31. The Morgan fingerprint density at radius 2 is 1.82 bits per heavy atom. The van der Waals surface area contributed by atoms with Gasteiger partial charge in [0.15, 0.2) is 0 Å². The third-order valence-corrected chi connectivity index (χ3v) is 6.44. The molecule has 5 nitrogen and oxygen atoms in total. The Hall–Kier alpha value is -3.22. The van der Waals surface area contributed by atoms with Gasteiger partial charge in [0, 0.05) is 32.9 Å². The summed E-state index contributed by atoms with van der Waals surface area (Å²) in [7, 11) is 0. The lowest BCUT2D eigenvalue weighted by Gasteiger charge is -2.19. The third-order valence-electron chi connectivity index (χ3n) is 5.71. The summed E-state index contributed by atoms with van der Waals surface area (Å²) in [6.07, 6.45) is -0.127. The molecule has 0 fully saturated rings. The van der Waals surface area contributed by atoms with Crippen molar-refractivity contribution in [1.29, 1.82) is 0 Å². The molecule has 0 aliphatic carbocycles. The van der Waals surface area contributed by atoms with Gasteiger partial charge < -0.3 is 10.4 Å². The molecule has 0 saturated heterocycles. The number of carbonyl (C=O) groups excluding carboxylic acids is 1. The van der Waals surface area contributed by atoms with E-state index in [0.29, 0.717) is 16.1 Å². The number of nitrogens with one attached hydrogen (secondary N) is 1. The van der Waals surface area contributed by atoms with E-state index in [4.69, 9.17) is 16.6 Å². The summed E-state index contributed by atoms with van der Waals surface area (Å²) >= 11 is 9.61. The molecule has 0 aliphatic heterocycles. The Morgan fingerprint density at radius 1 is 1.06 bits per heavy atom. The summed E-state index contributed by atoms with van der Waals surface area (Å²) < 4.78 is 0.838. The summed E-state index contributed by atoms with van der Waals surface area (Å²) in [6, 6.07) is 22.4. The molecule has 1 atom stereocenters. The quantitative estimate of drug-likeness (QED) is 0.278. The maximum Gasteiger partial charge on any atom is 0.304 e. The standard InChI is InChI=1S/C27H22BrClN2O3/c1-16-25(27(34)30-15-19(13-24(32)33)18-8-5-9-21(29)12-18)22-14-20(28)10-11-23(22)31-26(16)17-6-3-2-4-7-17/h2-12,14,19H,13,15H2,1H3,(H,30,34)(H,32,33)/t19-/m1/s1. The molecule has 0 unspecified atom stereocenters. The number of aliphatic carboxylic acids is 1. The fraction of sp³-hybridized carbons (Fsp3) is 0.148. The maximum absolute atomic E-state index is 13.5. The second-order valence-corrected chi connectivity index (χ2v) is 9.40. The minimum absolute atomic E-state index is 0.127. The van der Waals surface area contributed by atoms with E-state index >= 15 is 0 Å². The number of aromatic nitrogens is 1. The zero-order chi connectivity index (χ0) is 24.2. The maximum atomic E-state index is 13.5. The van der Waals surface area contributed by atoms with Crippen LogP contribution in [0.25, 0.3) is 22.2 Å². The SMILES string of the molecule is Cc1c(-c2ccccc2)nc2ccc(Br)cc2c1C(=O)NC[C@@H](CC(=O)O)c1cccc(Cl)c1. The molecule has 0 aliphatic rings. The van der Waals surface area contributed by atoms with Crippen molar-refractivity contribution in [3.63, 3.8) is 0 Å².